The van der Waals surface area contributed by atoms with Crippen LogP contribution >= 0.6 is 0 Å². The maximum absolute atomic E-state index is 10.5. The quantitative estimate of drug-likeness (QED) is 0.436. The Kier molecular flexibility index (Phi) is 9.59. The first-order valence-electron chi connectivity index (χ1n) is 6.47. The Labute approximate surface area is 137 Å². The van der Waals surface area contributed by atoms with Crippen molar-refractivity contribution in [2.75, 3.05) is 13.2 Å². The van der Waals surface area contributed by atoms with Gasteiger partial charge in [0.15, 0.2) is 0 Å². The summed E-state index contributed by atoms with van der Waals surface area (Å²) in [4.78, 5) is 41.8. The lowest BCUT2D eigenvalue weighted by Gasteiger charge is -2.01. The number of esters is 2. The number of rotatable bonds is 7. The molecule has 2 N–H and O–H groups in total. The van der Waals surface area contributed by atoms with Crippen molar-refractivity contribution in [1.82, 2.24) is 0 Å². The molecule has 0 aliphatic heterocycles. The van der Waals surface area contributed by atoms with E-state index in [0.717, 1.165) is 12.2 Å². The summed E-state index contributed by atoms with van der Waals surface area (Å²) in [7, 11) is 0. The summed E-state index contributed by atoms with van der Waals surface area (Å²) in [5.41, 5.74) is -0.380. The molecule has 0 aromatic heterocycles. The number of benzene rings is 1. The van der Waals surface area contributed by atoms with E-state index in [1.54, 1.807) is 0 Å². The van der Waals surface area contributed by atoms with Crippen molar-refractivity contribution in [2.24, 2.45) is 0 Å². The Balaban J connectivity index is 0.000000441. The predicted molar refractivity (Wildman–Crippen MR) is 82.7 cm³/mol. The van der Waals surface area contributed by atoms with Crippen molar-refractivity contribution in [2.45, 2.75) is 0 Å². The van der Waals surface area contributed by atoms with E-state index in [2.05, 4.69) is 22.6 Å². The number of hydrogen-bond donors (Lipinski definition) is 2. The van der Waals surface area contributed by atoms with Crippen LogP contribution in [0.1, 0.15) is 20.7 Å². The molecule has 0 aliphatic rings. The molecule has 8 heteroatoms. The highest BCUT2D eigenvalue weighted by molar-refractivity contribution is 6.01. The third-order valence-corrected chi connectivity index (χ3v) is 2.29. The lowest BCUT2D eigenvalue weighted by Crippen LogP contribution is -2.10. The van der Waals surface area contributed by atoms with E-state index in [-0.39, 0.29) is 24.3 Å². The standard InChI is InChI=1S/C8H6O4.C8H10O4/c9-7(10)5-3-1-2-4-6(5)8(11)12;1-3-7(9)11-5-6-12-8(10)4-2/h1-4H,(H,9,10)(H,11,12);3-4H,1-2,5-6H2. The van der Waals surface area contributed by atoms with Crippen LogP contribution in [0.15, 0.2) is 49.6 Å². The van der Waals surface area contributed by atoms with E-state index in [9.17, 15) is 19.2 Å². The monoisotopic (exact) mass is 336 g/mol. The number of carboxylic acids is 2. The first kappa shape index (κ1) is 20.6. The summed E-state index contributed by atoms with van der Waals surface area (Å²) in [6.07, 6.45) is 2.07. The van der Waals surface area contributed by atoms with Gasteiger partial charge in [0.05, 0.1) is 11.1 Å². The SMILES string of the molecule is C=CC(=O)OCCOC(=O)C=C.O=C(O)c1ccccc1C(=O)O. The van der Waals surface area contributed by atoms with Gasteiger partial charge in [-0.3, -0.25) is 0 Å². The molecule has 0 heterocycles. The second kappa shape index (κ2) is 11.2. The molecule has 1 rings (SSSR count). The van der Waals surface area contributed by atoms with Gasteiger partial charge in [-0.25, -0.2) is 19.2 Å². The van der Waals surface area contributed by atoms with Crippen LogP contribution in [-0.2, 0) is 19.1 Å². The van der Waals surface area contributed by atoms with E-state index >= 15 is 0 Å². The molecule has 0 aliphatic carbocycles. The van der Waals surface area contributed by atoms with Crippen LogP contribution < -0.4 is 0 Å². The van der Waals surface area contributed by atoms with Crippen molar-refractivity contribution in [1.29, 1.82) is 0 Å². The largest absolute Gasteiger partial charge is 0.478 e. The molecule has 0 radical (unpaired) electrons. The van der Waals surface area contributed by atoms with Crippen molar-refractivity contribution in [3.8, 4) is 0 Å². The predicted octanol–water partition coefficient (Wildman–Crippen LogP) is 1.53. The van der Waals surface area contributed by atoms with Gasteiger partial charge in [-0.05, 0) is 12.1 Å². The molecule has 0 unspecified atom stereocenters. The maximum Gasteiger partial charge on any atom is 0.336 e. The normalized spacial score (nSPS) is 8.83. The number of ether oxygens (including phenoxy) is 2. The molecule has 0 amide bonds. The Hall–Kier alpha value is -3.42. The minimum atomic E-state index is -1.23. The van der Waals surface area contributed by atoms with E-state index < -0.39 is 23.9 Å². The Morgan fingerprint density at radius 1 is 0.833 bits per heavy atom. The van der Waals surface area contributed by atoms with Crippen LogP contribution in [0.3, 0.4) is 0 Å². The number of aromatic carboxylic acids is 2. The van der Waals surface area contributed by atoms with Gasteiger partial charge in [-0.1, -0.05) is 25.3 Å². The topological polar surface area (TPSA) is 127 Å². The van der Waals surface area contributed by atoms with E-state index in [1.807, 2.05) is 0 Å². The number of carbonyl (C=O) groups is 4. The molecular weight excluding hydrogens is 320 g/mol. The molecular formula is C16H16O8. The highest BCUT2D eigenvalue weighted by atomic mass is 16.6. The van der Waals surface area contributed by atoms with Crippen LogP contribution in [0.2, 0.25) is 0 Å². The Morgan fingerprint density at radius 2 is 1.17 bits per heavy atom. The van der Waals surface area contributed by atoms with E-state index in [4.69, 9.17) is 10.2 Å². The summed E-state index contributed by atoms with van der Waals surface area (Å²) < 4.78 is 9.04. The van der Waals surface area contributed by atoms with Crippen LogP contribution in [-0.4, -0.2) is 47.3 Å². The summed E-state index contributed by atoms with van der Waals surface area (Å²) in [6, 6.07) is 5.48. The first-order chi connectivity index (χ1) is 11.3. The molecule has 0 spiro atoms. The van der Waals surface area contributed by atoms with Gasteiger partial charge in [-0.15, -0.1) is 0 Å². The van der Waals surface area contributed by atoms with Gasteiger partial charge in [0.1, 0.15) is 13.2 Å². The lowest BCUT2D eigenvalue weighted by atomic mass is 10.1. The van der Waals surface area contributed by atoms with Gasteiger partial charge in [0.25, 0.3) is 0 Å². The summed E-state index contributed by atoms with van der Waals surface area (Å²) in [5, 5.41) is 17.1. The van der Waals surface area contributed by atoms with Crippen molar-refractivity contribution >= 4 is 23.9 Å². The minimum Gasteiger partial charge on any atom is -0.478 e. The Morgan fingerprint density at radius 3 is 1.42 bits per heavy atom. The maximum atomic E-state index is 10.5. The minimum absolute atomic E-state index is 0.0322. The third-order valence-electron chi connectivity index (χ3n) is 2.29. The third kappa shape index (κ3) is 8.13. The lowest BCUT2D eigenvalue weighted by molar-refractivity contribution is -0.146. The summed E-state index contributed by atoms with van der Waals surface area (Å²) in [5.74, 6) is -3.53. The Bertz CT molecular complexity index is 578. The second-order valence-electron chi connectivity index (χ2n) is 3.90. The smallest absolute Gasteiger partial charge is 0.336 e. The zero-order valence-electron chi connectivity index (χ0n) is 12.6. The number of carboxylic acid groups (broad SMARTS) is 2. The molecule has 128 valence electrons. The fourth-order valence-corrected chi connectivity index (χ4v) is 1.26. The molecule has 0 fully saturated rings. The number of hydrogen-bond acceptors (Lipinski definition) is 6. The highest BCUT2D eigenvalue weighted by Crippen LogP contribution is 2.07. The average molecular weight is 336 g/mol. The van der Waals surface area contributed by atoms with Crippen LogP contribution in [0.25, 0.3) is 0 Å². The zero-order chi connectivity index (χ0) is 18.5. The van der Waals surface area contributed by atoms with Crippen LogP contribution in [0.4, 0.5) is 0 Å². The molecule has 0 saturated carbocycles. The second-order valence-corrected chi connectivity index (χ2v) is 3.90. The highest BCUT2D eigenvalue weighted by Gasteiger charge is 2.13. The molecule has 1 aromatic carbocycles. The summed E-state index contributed by atoms with van der Waals surface area (Å²) >= 11 is 0. The fourth-order valence-electron chi connectivity index (χ4n) is 1.26. The van der Waals surface area contributed by atoms with Gasteiger partial charge < -0.3 is 19.7 Å². The first-order valence-corrected chi connectivity index (χ1v) is 6.47. The van der Waals surface area contributed by atoms with Gasteiger partial charge >= 0.3 is 23.9 Å². The van der Waals surface area contributed by atoms with Crippen molar-refractivity contribution in [3.63, 3.8) is 0 Å². The molecule has 24 heavy (non-hydrogen) atoms. The van der Waals surface area contributed by atoms with Crippen molar-refractivity contribution < 1.29 is 38.9 Å². The van der Waals surface area contributed by atoms with Crippen molar-refractivity contribution in [3.05, 3.63) is 60.7 Å². The molecule has 8 nitrogen and oxygen atoms in total. The van der Waals surface area contributed by atoms with Gasteiger partial charge in [-0.2, -0.15) is 0 Å². The molecule has 0 atom stereocenters. The fraction of sp³-hybridized carbons (Fsp3) is 0.125. The zero-order valence-corrected chi connectivity index (χ0v) is 12.6. The summed E-state index contributed by atoms with van der Waals surface area (Å²) in [6.45, 7) is 6.45. The van der Waals surface area contributed by atoms with E-state index in [1.165, 1.54) is 24.3 Å². The van der Waals surface area contributed by atoms with Gasteiger partial charge in [0.2, 0.25) is 0 Å². The van der Waals surface area contributed by atoms with Crippen LogP contribution in [0.5, 0.6) is 0 Å². The molecule has 1 aromatic rings. The number of carbonyl (C=O) groups excluding carboxylic acids is 2. The average Bonchev–Trinajstić information content (AvgIpc) is 2.58. The van der Waals surface area contributed by atoms with Gasteiger partial charge in [0, 0.05) is 12.2 Å². The molecule has 0 saturated heterocycles. The van der Waals surface area contributed by atoms with E-state index in [0.29, 0.717) is 0 Å². The van der Waals surface area contributed by atoms with Crippen LogP contribution in [0, 0.1) is 0 Å². The molecule has 0 bridgehead atoms.